The average molecular weight is 217 g/mol. The molecule has 2 nitrogen and oxygen atoms in total. The summed E-state index contributed by atoms with van der Waals surface area (Å²) in [6.07, 6.45) is 2.64. The van der Waals surface area contributed by atoms with E-state index in [4.69, 9.17) is 0 Å². The quantitative estimate of drug-likeness (QED) is 0.810. The zero-order valence-corrected chi connectivity index (χ0v) is 10.3. The van der Waals surface area contributed by atoms with Gasteiger partial charge in [-0.05, 0) is 55.9 Å². The lowest BCUT2D eigenvalue weighted by Crippen LogP contribution is -2.27. The van der Waals surface area contributed by atoms with E-state index in [0.717, 1.165) is 12.8 Å². The van der Waals surface area contributed by atoms with Gasteiger partial charge in [-0.3, -0.25) is 4.79 Å². The first-order valence-electron chi connectivity index (χ1n) is 5.92. The van der Waals surface area contributed by atoms with Gasteiger partial charge < -0.3 is 5.32 Å². The van der Waals surface area contributed by atoms with Gasteiger partial charge in [0.25, 0.3) is 0 Å². The molecular formula is C14H19NO. The van der Waals surface area contributed by atoms with Crippen molar-refractivity contribution < 1.29 is 4.79 Å². The minimum absolute atomic E-state index is 0.200. The lowest BCUT2D eigenvalue weighted by atomic mass is 9.95. The Bertz CT molecular complexity index is 423. The van der Waals surface area contributed by atoms with Crippen LogP contribution in [-0.4, -0.2) is 11.9 Å². The first kappa shape index (κ1) is 11.2. The van der Waals surface area contributed by atoms with Gasteiger partial charge in [0.2, 0.25) is 5.91 Å². The molecule has 1 N–H and O–H groups in total. The highest BCUT2D eigenvalue weighted by Crippen LogP contribution is 2.19. The van der Waals surface area contributed by atoms with Gasteiger partial charge in [-0.15, -0.1) is 0 Å². The second kappa shape index (κ2) is 4.28. The van der Waals surface area contributed by atoms with Crippen molar-refractivity contribution in [2.45, 2.75) is 46.1 Å². The van der Waals surface area contributed by atoms with E-state index in [1.807, 2.05) is 0 Å². The zero-order chi connectivity index (χ0) is 11.7. The summed E-state index contributed by atoms with van der Waals surface area (Å²) in [6.45, 7) is 6.44. The molecule has 0 aromatic heterocycles. The number of amides is 1. The molecule has 1 saturated heterocycles. The molecule has 1 amide bonds. The Morgan fingerprint density at radius 2 is 1.88 bits per heavy atom. The molecule has 2 heteroatoms. The van der Waals surface area contributed by atoms with Gasteiger partial charge in [-0.2, -0.15) is 0 Å². The van der Waals surface area contributed by atoms with Crippen LogP contribution in [0.15, 0.2) is 12.1 Å². The summed E-state index contributed by atoms with van der Waals surface area (Å²) in [5, 5.41) is 3.02. The molecule has 1 heterocycles. The van der Waals surface area contributed by atoms with Crippen LogP contribution >= 0.6 is 0 Å². The van der Waals surface area contributed by atoms with E-state index in [1.165, 1.54) is 22.3 Å². The molecule has 0 aliphatic carbocycles. The second-order valence-electron chi connectivity index (χ2n) is 4.87. The molecule has 0 spiro atoms. The van der Waals surface area contributed by atoms with Gasteiger partial charge in [0.1, 0.15) is 0 Å². The predicted molar refractivity (Wildman–Crippen MR) is 65.5 cm³/mol. The molecule has 1 fully saturated rings. The first-order valence-corrected chi connectivity index (χ1v) is 5.92. The van der Waals surface area contributed by atoms with E-state index in [2.05, 4.69) is 38.2 Å². The predicted octanol–water partition coefficient (Wildman–Crippen LogP) is 2.43. The molecule has 86 valence electrons. The number of hydrogen-bond acceptors (Lipinski definition) is 1. The summed E-state index contributed by atoms with van der Waals surface area (Å²) >= 11 is 0. The summed E-state index contributed by atoms with van der Waals surface area (Å²) in [5.74, 6) is 0.200. The van der Waals surface area contributed by atoms with Crippen LogP contribution in [-0.2, 0) is 11.2 Å². The van der Waals surface area contributed by atoms with E-state index in [1.54, 1.807) is 0 Å². The third-order valence-electron chi connectivity index (χ3n) is 3.50. The van der Waals surface area contributed by atoms with Crippen LogP contribution in [0.25, 0.3) is 0 Å². The number of carbonyl (C=O) groups is 1. The zero-order valence-electron chi connectivity index (χ0n) is 10.3. The van der Waals surface area contributed by atoms with Crippen LogP contribution in [0, 0.1) is 20.8 Å². The van der Waals surface area contributed by atoms with Crippen LogP contribution in [0.1, 0.15) is 35.1 Å². The second-order valence-corrected chi connectivity index (χ2v) is 4.87. The average Bonchev–Trinajstić information content (AvgIpc) is 2.60. The Morgan fingerprint density at radius 1 is 1.19 bits per heavy atom. The third-order valence-corrected chi connectivity index (χ3v) is 3.50. The molecule has 1 aliphatic rings. The SMILES string of the molecule is Cc1cc(C)c(CC2CCC(=O)N2)cc1C. The lowest BCUT2D eigenvalue weighted by Gasteiger charge is -2.14. The van der Waals surface area contributed by atoms with Crippen molar-refractivity contribution in [3.05, 3.63) is 34.4 Å². The Kier molecular flexibility index (Phi) is 2.99. The number of rotatable bonds is 2. The van der Waals surface area contributed by atoms with Crippen molar-refractivity contribution in [2.75, 3.05) is 0 Å². The van der Waals surface area contributed by atoms with Crippen molar-refractivity contribution in [1.29, 1.82) is 0 Å². The summed E-state index contributed by atoms with van der Waals surface area (Å²) in [5.41, 5.74) is 5.39. The summed E-state index contributed by atoms with van der Waals surface area (Å²) in [4.78, 5) is 11.1. The van der Waals surface area contributed by atoms with Crippen LogP contribution in [0.3, 0.4) is 0 Å². The van der Waals surface area contributed by atoms with Crippen LogP contribution < -0.4 is 5.32 Å². The number of hydrogen-bond donors (Lipinski definition) is 1. The maximum atomic E-state index is 11.1. The van der Waals surface area contributed by atoms with E-state index >= 15 is 0 Å². The normalized spacial score (nSPS) is 19.9. The largest absolute Gasteiger partial charge is 0.353 e. The van der Waals surface area contributed by atoms with Crippen LogP contribution in [0.4, 0.5) is 0 Å². The van der Waals surface area contributed by atoms with Crippen molar-refractivity contribution in [3.8, 4) is 0 Å². The highest BCUT2D eigenvalue weighted by Gasteiger charge is 2.21. The van der Waals surface area contributed by atoms with Gasteiger partial charge in [0, 0.05) is 12.5 Å². The number of carbonyl (C=O) groups excluding carboxylic acids is 1. The fraction of sp³-hybridized carbons (Fsp3) is 0.500. The molecule has 1 atom stereocenters. The minimum Gasteiger partial charge on any atom is -0.353 e. The van der Waals surface area contributed by atoms with Gasteiger partial charge in [-0.1, -0.05) is 12.1 Å². The molecule has 1 aromatic carbocycles. The van der Waals surface area contributed by atoms with Crippen LogP contribution in [0.2, 0.25) is 0 Å². The molecule has 0 radical (unpaired) electrons. The fourth-order valence-corrected chi connectivity index (χ4v) is 2.34. The standard InChI is InChI=1S/C14H19NO/c1-9-6-11(3)12(7-10(9)2)8-13-4-5-14(16)15-13/h6-7,13H,4-5,8H2,1-3H3,(H,15,16). The fourth-order valence-electron chi connectivity index (χ4n) is 2.34. The third kappa shape index (κ3) is 2.26. The Hall–Kier alpha value is -1.31. The monoisotopic (exact) mass is 217 g/mol. The maximum absolute atomic E-state index is 11.1. The minimum atomic E-state index is 0.200. The summed E-state index contributed by atoms with van der Waals surface area (Å²) in [7, 11) is 0. The van der Waals surface area contributed by atoms with Gasteiger partial charge in [0.05, 0.1) is 0 Å². The molecule has 1 aromatic rings. The molecule has 0 saturated carbocycles. The van der Waals surface area contributed by atoms with Crippen molar-refractivity contribution in [2.24, 2.45) is 0 Å². The molecule has 2 rings (SSSR count). The van der Waals surface area contributed by atoms with Gasteiger partial charge >= 0.3 is 0 Å². The van der Waals surface area contributed by atoms with Crippen molar-refractivity contribution >= 4 is 5.91 Å². The molecular weight excluding hydrogens is 198 g/mol. The number of benzene rings is 1. The topological polar surface area (TPSA) is 29.1 Å². The van der Waals surface area contributed by atoms with Crippen LogP contribution in [0.5, 0.6) is 0 Å². The highest BCUT2D eigenvalue weighted by atomic mass is 16.1. The van der Waals surface area contributed by atoms with E-state index in [9.17, 15) is 4.79 Å². The number of nitrogens with one attached hydrogen (secondary N) is 1. The molecule has 16 heavy (non-hydrogen) atoms. The Labute approximate surface area is 97.1 Å². The maximum Gasteiger partial charge on any atom is 0.220 e. The molecule has 1 aliphatic heterocycles. The van der Waals surface area contributed by atoms with Crippen molar-refractivity contribution in [3.63, 3.8) is 0 Å². The summed E-state index contributed by atoms with van der Waals surface area (Å²) < 4.78 is 0. The van der Waals surface area contributed by atoms with Gasteiger partial charge in [-0.25, -0.2) is 0 Å². The van der Waals surface area contributed by atoms with E-state index < -0.39 is 0 Å². The van der Waals surface area contributed by atoms with E-state index in [-0.39, 0.29) is 5.91 Å². The smallest absolute Gasteiger partial charge is 0.220 e. The highest BCUT2D eigenvalue weighted by molar-refractivity contribution is 5.78. The Balaban J connectivity index is 2.15. The molecule has 0 bridgehead atoms. The van der Waals surface area contributed by atoms with Crippen molar-refractivity contribution in [1.82, 2.24) is 5.32 Å². The van der Waals surface area contributed by atoms with Gasteiger partial charge in [0.15, 0.2) is 0 Å². The number of aryl methyl sites for hydroxylation is 3. The lowest BCUT2D eigenvalue weighted by molar-refractivity contribution is -0.119. The Morgan fingerprint density at radius 3 is 2.50 bits per heavy atom. The molecule has 1 unspecified atom stereocenters. The first-order chi connectivity index (χ1) is 7.56. The van der Waals surface area contributed by atoms with E-state index in [0.29, 0.717) is 12.5 Å². The summed E-state index contributed by atoms with van der Waals surface area (Å²) in [6, 6.07) is 4.84.